The van der Waals surface area contributed by atoms with Gasteiger partial charge in [-0.3, -0.25) is 0 Å². The standard InChI is InChI=1S/C11H16O2/c1-7-6-11(13-4)8(2)5-10(7)9(3)12/h5-6,9,12H,1-4H3/t9-/m0/s1. The molecule has 0 bridgehead atoms. The summed E-state index contributed by atoms with van der Waals surface area (Å²) in [6.07, 6.45) is -0.412. The van der Waals surface area contributed by atoms with Crippen LogP contribution < -0.4 is 4.74 Å². The summed E-state index contributed by atoms with van der Waals surface area (Å²) >= 11 is 0. The fourth-order valence-electron chi connectivity index (χ4n) is 1.48. The van der Waals surface area contributed by atoms with Gasteiger partial charge in [0.1, 0.15) is 5.75 Å². The number of aliphatic hydroxyl groups excluding tert-OH is 1. The van der Waals surface area contributed by atoms with Crippen molar-refractivity contribution in [3.63, 3.8) is 0 Å². The van der Waals surface area contributed by atoms with Gasteiger partial charge >= 0.3 is 0 Å². The molecule has 0 spiro atoms. The molecule has 0 saturated carbocycles. The Morgan fingerprint density at radius 3 is 2.31 bits per heavy atom. The van der Waals surface area contributed by atoms with E-state index in [0.717, 1.165) is 22.4 Å². The highest BCUT2D eigenvalue weighted by Crippen LogP contribution is 2.26. The Hall–Kier alpha value is -1.02. The van der Waals surface area contributed by atoms with Gasteiger partial charge in [-0.15, -0.1) is 0 Å². The van der Waals surface area contributed by atoms with Crippen LogP contribution in [0.4, 0.5) is 0 Å². The van der Waals surface area contributed by atoms with Crippen molar-refractivity contribution in [1.29, 1.82) is 0 Å². The number of ether oxygens (including phenoxy) is 1. The molecule has 0 radical (unpaired) electrons. The lowest BCUT2D eigenvalue weighted by Gasteiger charge is -2.12. The second-order valence-corrected chi connectivity index (χ2v) is 3.35. The third-order valence-electron chi connectivity index (χ3n) is 2.23. The summed E-state index contributed by atoms with van der Waals surface area (Å²) in [4.78, 5) is 0. The van der Waals surface area contributed by atoms with E-state index in [4.69, 9.17) is 4.74 Å². The monoisotopic (exact) mass is 180 g/mol. The first kappa shape index (κ1) is 10.1. The summed E-state index contributed by atoms with van der Waals surface area (Å²) in [6, 6.07) is 3.93. The van der Waals surface area contributed by atoms with Crippen LogP contribution in [0.3, 0.4) is 0 Å². The molecule has 13 heavy (non-hydrogen) atoms. The number of hydrogen-bond donors (Lipinski definition) is 1. The highest BCUT2D eigenvalue weighted by atomic mass is 16.5. The van der Waals surface area contributed by atoms with E-state index in [1.54, 1.807) is 14.0 Å². The van der Waals surface area contributed by atoms with Crippen LogP contribution in [0.25, 0.3) is 0 Å². The van der Waals surface area contributed by atoms with Gasteiger partial charge < -0.3 is 9.84 Å². The van der Waals surface area contributed by atoms with E-state index >= 15 is 0 Å². The molecule has 2 heteroatoms. The summed E-state index contributed by atoms with van der Waals surface area (Å²) in [5.41, 5.74) is 3.10. The Morgan fingerprint density at radius 1 is 1.23 bits per heavy atom. The van der Waals surface area contributed by atoms with Crippen molar-refractivity contribution in [1.82, 2.24) is 0 Å². The average Bonchev–Trinajstić information content (AvgIpc) is 2.07. The minimum absolute atomic E-state index is 0.412. The fraction of sp³-hybridized carbons (Fsp3) is 0.455. The number of methoxy groups -OCH3 is 1. The van der Waals surface area contributed by atoms with Crippen molar-refractivity contribution in [2.24, 2.45) is 0 Å². The van der Waals surface area contributed by atoms with E-state index in [2.05, 4.69) is 0 Å². The Bertz CT molecular complexity index is 303. The number of aryl methyl sites for hydroxylation is 2. The Kier molecular flexibility index (Phi) is 2.94. The zero-order valence-corrected chi connectivity index (χ0v) is 8.59. The van der Waals surface area contributed by atoms with Gasteiger partial charge in [-0.25, -0.2) is 0 Å². The second kappa shape index (κ2) is 3.79. The molecular formula is C11H16O2. The first-order valence-corrected chi connectivity index (χ1v) is 4.39. The summed E-state index contributed by atoms with van der Waals surface area (Å²) in [7, 11) is 1.66. The molecule has 0 heterocycles. The first-order chi connectivity index (χ1) is 6.06. The third kappa shape index (κ3) is 2.01. The smallest absolute Gasteiger partial charge is 0.122 e. The van der Waals surface area contributed by atoms with Crippen molar-refractivity contribution in [3.05, 3.63) is 28.8 Å². The molecule has 1 aromatic rings. The summed E-state index contributed by atoms with van der Waals surface area (Å²) in [5, 5.41) is 9.45. The van der Waals surface area contributed by atoms with Gasteiger partial charge in [0.25, 0.3) is 0 Å². The minimum Gasteiger partial charge on any atom is -0.496 e. The van der Waals surface area contributed by atoms with Gasteiger partial charge in [0.15, 0.2) is 0 Å². The van der Waals surface area contributed by atoms with Crippen molar-refractivity contribution in [2.75, 3.05) is 7.11 Å². The topological polar surface area (TPSA) is 29.5 Å². The van der Waals surface area contributed by atoms with Crippen LogP contribution in [-0.2, 0) is 0 Å². The van der Waals surface area contributed by atoms with E-state index in [0.29, 0.717) is 0 Å². The zero-order valence-electron chi connectivity index (χ0n) is 8.59. The van der Waals surface area contributed by atoms with Crippen LogP contribution in [0.15, 0.2) is 12.1 Å². The molecule has 0 aromatic heterocycles. The van der Waals surface area contributed by atoms with E-state index in [1.807, 2.05) is 26.0 Å². The zero-order chi connectivity index (χ0) is 10.0. The normalized spacial score (nSPS) is 12.7. The molecule has 2 nitrogen and oxygen atoms in total. The Labute approximate surface area is 79.2 Å². The predicted octanol–water partition coefficient (Wildman–Crippen LogP) is 2.37. The van der Waals surface area contributed by atoms with E-state index in [1.165, 1.54) is 0 Å². The number of benzene rings is 1. The lowest BCUT2D eigenvalue weighted by Crippen LogP contribution is -1.97. The molecule has 1 aromatic carbocycles. The van der Waals surface area contributed by atoms with Gasteiger partial charge in [0, 0.05) is 0 Å². The second-order valence-electron chi connectivity index (χ2n) is 3.35. The number of aliphatic hydroxyl groups is 1. The molecule has 1 atom stereocenters. The molecule has 0 amide bonds. The van der Waals surface area contributed by atoms with E-state index < -0.39 is 6.10 Å². The minimum atomic E-state index is -0.412. The maximum atomic E-state index is 9.45. The Morgan fingerprint density at radius 2 is 1.85 bits per heavy atom. The predicted molar refractivity (Wildman–Crippen MR) is 53.1 cm³/mol. The van der Waals surface area contributed by atoms with Gasteiger partial charge in [-0.1, -0.05) is 0 Å². The molecule has 72 valence electrons. The van der Waals surface area contributed by atoms with E-state index in [-0.39, 0.29) is 0 Å². The molecule has 0 aliphatic heterocycles. The highest BCUT2D eigenvalue weighted by Gasteiger charge is 2.08. The van der Waals surface area contributed by atoms with Crippen molar-refractivity contribution < 1.29 is 9.84 Å². The number of rotatable bonds is 2. The molecule has 1 N–H and O–H groups in total. The molecule has 0 fully saturated rings. The van der Waals surface area contributed by atoms with Gasteiger partial charge in [-0.2, -0.15) is 0 Å². The third-order valence-corrected chi connectivity index (χ3v) is 2.23. The molecule has 1 rings (SSSR count). The maximum Gasteiger partial charge on any atom is 0.122 e. The molecule has 0 aliphatic rings. The largest absolute Gasteiger partial charge is 0.496 e. The van der Waals surface area contributed by atoms with Crippen molar-refractivity contribution in [2.45, 2.75) is 26.9 Å². The van der Waals surface area contributed by atoms with Crippen LogP contribution in [0, 0.1) is 13.8 Å². The Balaban J connectivity index is 3.20. The maximum absolute atomic E-state index is 9.45. The summed E-state index contributed by atoms with van der Waals surface area (Å²) in [6.45, 7) is 5.72. The molecule has 0 aliphatic carbocycles. The van der Waals surface area contributed by atoms with Crippen LogP contribution in [0.5, 0.6) is 5.75 Å². The van der Waals surface area contributed by atoms with Crippen LogP contribution in [-0.4, -0.2) is 12.2 Å². The number of hydrogen-bond acceptors (Lipinski definition) is 2. The van der Waals surface area contributed by atoms with Crippen LogP contribution in [0.1, 0.15) is 29.7 Å². The summed E-state index contributed by atoms with van der Waals surface area (Å²) < 4.78 is 5.18. The SMILES string of the molecule is COc1cc(C)c([C@H](C)O)cc1C. The highest BCUT2D eigenvalue weighted by molar-refractivity contribution is 5.42. The molecular weight excluding hydrogens is 164 g/mol. The lowest BCUT2D eigenvalue weighted by molar-refractivity contribution is 0.198. The van der Waals surface area contributed by atoms with Crippen LogP contribution in [0.2, 0.25) is 0 Å². The van der Waals surface area contributed by atoms with E-state index in [9.17, 15) is 5.11 Å². The molecule has 0 unspecified atom stereocenters. The van der Waals surface area contributed by atoms with Gasteiger partial charge in [0.2, 0.25) is 0 Å². The van der Waals surface area contributed by atoms with Gasteiger partial charge in [0.05, 0.1) is 13.2 Å². The summed E-state index contributed by atoms with van der Waals surface area (Å²) in [5.74, 6) is 0.877. The quantitative estimate of drug-likeness (QED) is 0.757. The van der Waals surface area contributed by atoms with Gasteiger partial charge in [-0.05, 0) is 49.6 Å². The average molecular weight is 180 g/mol. The fourth-order valence-corrected chi connectivity index (χ4v) is 1.48. The van der Waals surface area contributed by atoms with Crippen LogP contribution >= 0.6 is 0 Å². The van der Waals surface area contributed by atoms with Crippen molar-refractivity contribution >= 4 is 0 Å². The first-order valence-electron chi connectivity index (χ1n) is 4.39. The van der Waals surface area contributed by atoms with Crippen molar-refractivity contribution in [3.8, 4) is 5.75 Å². The molecule has 0 saturated heterocycles. The lowest BCUT2D eigenvalue weighted by atomic mass is 10.0.